The third-order valence-corrected chi connectivity index (χ3v) is 7.04. The number of piperidine rings is 1. The lowest BCUT2D eigenvalue weighted by atomic mass is 9.98. The molecule has 0 spiro atoms. The molecule has 2 rings (SSSR count). The third-order valence-electron chi connectivity index (χ3n) is 4.48. The number of nitrogens with one attached hydrogen (secondary N) is 1. The van der Waals surface area contributed by atoms with E-state index in [9.17, 15) is 13.2 Å². The largest absolute Gasteiger partial charge is 0.353 e. The van der Waals surface area contributed by atoms with Crippen molar-refractivity contribution < 1.29 is 13.2 Å². The summed E-state index contributed by atoms with van der Waals surface area (Å²) in [5.74, 6) is -0.515. The van der Waals surface area contributed by atoms with Gasteiger partial charge in [-0.1, -0.05) is 36.2 Å². The Bertz CT molecular complexity index is 725. The van der Waals surface area contributed by atoms with E-state index in [-0.39, 0.29) is 30.2 Å². The zero-order valence-electron chi connectivity index (χ0n) is 14.5. The highest BCUT2D eigenvalue weighted by Gasteiger charge is 2.32. The first-order valence-corrected chi connectivity index (χ1v) is 10.8. The average molecular weight is 407 g/mol. The first-order chi connectivity index (χ1) is 11.7. The molecule has 1 N–H and O–H groups in total. The summed E-state index contributed by atoms with van der Waals surface area (Å²) in [7, 11) is -3.51. The number of amides is 1. The summed E-state index contributed by atoms with van der Waals surface area (Å²) in [6.45, 7) is 4.61. The predicted molar refractivity (Wildman–Crippen MR) is 101 cm³/mol. The van der Waals surface area contributed by atoms with Crippen LogP contribution in [0.15, 0.2) is 18.2 Å². The topological polar surface area (TPSA) is 66.5 Å². The molecule has 0 aliphatic carbocycles. The smallest absolute Gasteiger partial charge is 0.224 e. The van der Waals surface area contributed by atoms with Gasteiger partial charge >= 0.3 is 0 Å². The Morgan fingerprint density at radius 3 is 2.72 bits per heavy atom. The number of hydrogen-bond donors (Lipinski definition) is 1. The molecule has 5 nitrogen and oxygen atoms in total. The fourth-order valence-electron chi connectivity index (χ4n) is 2.80. The molecule has 25 heavy (non-hydrogen) atoms. The van der Waals surface area contributed by atoms with E-state index in [0.29, 0.717) is 35.0 Å². The molecular weight excluding hydrogens is 383 g/mol. The van der Waals surface area contributed by atoms with E-state index >= 15 is 0 Å². The third kappa shape index (κ3) is 5.58. The van der Waals surface area contributed by atoms with Crippen molar-refractivity contribution in [2.75, 3.05) is 13.1 Å². The molecule has 1 fully saturated rings. The Labute approximate surface area is 159 Å². The molecule has 1 aromatic rings. The van der Waals surface area contributed by atoms with Crippen LogP contribution in [0.2, 0.25) is 10.0 Å². The maximum Gasteiger partial charge on any atom is 0.224 e. The molecule has 0 bridgehead atoms. The highest BCUT2D eigenvalue weighted by molar-refractivity contribution is 7.88. The molecule has 2 atom stereocenters. The summed E-state index contributed by atoms with van der Waals surface area (Å²) in [6.07, 6.45) is 2.23. The van der Waals surface area contributed by atoms with Gasteiger partial charge < -0.3 is 5.32 Å². The Morgan fingerprint density at radius 2 is 2.08 bits per heavy atom. The molecule has 0 unspecified atom stereocenters. The van der Waals surface area contributed by atoms with Gasteiger partial charge in [0.15, 0.2) is 0 Å². The molecule has 140 valence electrons. The average Bonchev–Trinajstić information content (AvgIpc) is 2.58. The van der Waals surface area contributed by atoms with E-state index in [0.717, 1.165) is 6.42 Å². The number of carbonyl (C=O) groups excluding carboxylic acids is 1. The minimum absolute atomic E-state index is 0.0659. The fourth-order valence-corrected chi connectivity index (χ4v) is 4.72. The molecule has 1 amide bonds. The minimum Gasteiger partial charge on any atom is -0.353 e. The van der Waals surface area contributed by atoms with Crippen molar-refractivity contribution in [1.29, 1.82) is 0 Å². The number of sulfonamides is 1. The summed E-state index contributed by atoms with van der Waals surface area (Å²) in [4.78, 5) is 12.3. The molecule has 1 aliphatic heterocycles. The van der Waals surface area contributed by atoms with Gasteiger partial charge in [-0.05, 0) is 43.9 Å². The van der Waals surface area contributed by atoms with Gasteiger partial charge in [0, 0.05) is 19.1 Å². The summed E-state index contributed by atoms with van der Waals surface area (Å²) in [5, 5.41) is 3.67. The Kier molecular flexibility index (Phi) is 7.14. The zero-order chi connectivity index (χ0) is 18.6. The molecule has 0 radical (unpaired) electrons. The van der Waals surface area contributed by atoms with Crippen LogP contribution in [0.1, 0.15) is 38.7 Å². The van der Waals surface area contributed by atoms with Crippen molar-refractivity contribution in [2.24, 2.45) is 5.92 Å². The van der Waals surface area contributed by atoms with Crippen molar-refractivity contribution in [3.63, 3.8) is 0 Å². The normalized spacial score (nSPS) is 20.2. The molecule has 0 aromatic heterocycles. The highest BCUT2D eigenvalue weighted by atomic mass is 35.5. The van der Waals surface area contributed by atoms with Gasteiger partial charge in [0.05, 0.1) is 21.7 Å². The zero-order valence-corrected chi connectivity index (χ0v) is 16.8. The quantitative estimate of drug-likeness (QED) is 0.786. The standard InChI is InChI=1S/C17H24Cl2N2O3S/c1-3-12(2)20-17(22)14-5-4-8-21(10-14)25(23,24)11-13-6-7-15(18)16(19)9-13/h6-7,9,12,14H,3-5,8,10-11H2,1-2H3,(H,20,22)/t12-,14+/m1/s1. The molecule has 1 aliphatic rings. The molecule has 0 saturated carbocycles. The number of carbonyl (C=O) groups is 1. The van der Waals surface area contributed by atoms with E-state index < -0.39 is 10.0 Å². The van der Waals surface area contributed by atoms with Crippen LogP contribution in [0.4, 0.5) is 0 Å². The van der Waals surface area contributed by atoms with E-state index in [1.807, 2.05) is 13.8 Å². The van der Waals surface area contributed by atoms with Crippen LogP contribution in [0.5, 0.6) is 0 Å². The maximum absolute atomic E-state index is 12.7. The van der Waals surface area contributed by atoms with E-state index in [1.54, 1.807) is 18.2 Å². The monoisotopic (exact) mass is 406 g/mol. The Hall–Kier alpha value is -0.820. The van der Waals surface area contributed by atoms with E-state index in [2.05, 4.69) is 5.32 Å². The van der Waals surface area contributed by atoms with Crippen LogP contribution in [0.3, 0.4) is 0 Å². The number of rotatable bonds is 6. The first kappa shape index (κ1) is 20.5. The lowest BCUT2D eigenvalue weighted by Crippen LogP contribution is -2.47. The van der Waals surface area contributed by atoms with Crippen LogP contribution < -0.4 is 5.32 Å². The van der Waals surface area contributed by atoms with Crippen molar-refractivity contribution in [3.05, 3.63) is 33.8 Å². The van der Waals surface area contributed by atoms with Crippen LogP contribution in [-0.4, -0.2) is 37.8 Å². The first-order valence-electron chi connectivity index (χ1n) is 8.45. The summed E-state index contributed by atoms with van der Waals surface area (Å²) >= 11 is 11.8. The summed E-state index contributed by atoms with van der Waals surface area (Å²) < 4.78 is 26.8. The van der Waals surface area contributed by atoms with Crippen molar-refractivity contribution in [3.8, 4) is 0 Å². The lowest BCUT2D eigenvalue weighted by Gasteiger charge is -2.31. The molecule has 1 aromatic carbocycles. The SMILES string of the molecule is CC[C@@H](C)NC(=O)[C@H]1CCCN(S(=O)(=O)Cc2ccc(Cl)c(Cl)c2)C1. The molecule has 1 heterocycles. The van der Waals surface area contributed by atoms with Crippen LogP contribution in [0.25, 0.3) is 0 Å². The number of halogens is 2. The molecule has 1 saturated heterocycles. The van der Waals surface area contributed by atoms with E-state index in [4.69, 9.17) is 23.2 Å². The van der Waals surface area contributed by atoms with Gasteiger partial charge in [-0.15, -0.1) is 0 Å². The van der Waals surface area contributed by atoms with Gasteiger partial charge in [-0.2, -0.15) is 0 Å². The van der Waals surface area contributed by atoms with Crippen LogP contribution in [0, 0.1) is 5.92 Å². The minimum atomic E-state index is -3.51. The predicted octanol–water partition coefficient (Wildman–Crippen LogP) is 3.45. The molecular formula is C17H24Cl2N2O3S. The highest BCUT2D eigenvalue weighted by Crippen LogP contribution is 2.26. The Morgan fingerprint density at radius 1 is 1.36 bits per heavy atom. The summed E-state index contributed by atoms with van der Waals surface area (Å²) in [5.41, 5.74) is 0.584. The van der Waals surface area contributed by atoms with Gasteiger partial charge in [-0.3, -0.25) is 4.79 Å². The second-order valence-electron chi connectivity index (χ2n) is 6.52. The maximum atomic E-state index is 12.7. The number of hydrogen-bond acceptors (Lipinski definition) is 3. The van der Waals surface area contributed by atoms with E-state index in [1.165, 1.54) is 4.31 Å². The number of nitrogens with zero attached hydrogens (tertiary/aromatic N) is 1. The molecule has 8 heteroatoms. The van der Waals surface area contributed by atoms with Gasteiger partial charge in [0.1, 0.15) is 0 Å². The summed E-state index contributed by atoms with van der Waals surface area (Å²) in [6, 6.07) is 4.91. The van der Waals surface area contributed by atoms with Crippen LogP contribution in [-0.2, 0) is 20.6 Å². The van der Waals surface area contributed by atoms with Crippen molar-refractivity contribution >= 4 is 39.1 Å². The second kappa shape index (κ2) is 8.71. The van der Waals surface area contributed by atoms with Gasteiger partial charge in [0.2, 0.25) is 15.9 Å². The van der Waals surface area contributed by atoms with Gasteiger partial charge in [0.25, 0.3) is 0 Å². The fraction of sp³-hybridized carbons (Fsp3) is 0.588. The Balaban J connectivity index is 2.05. The van der Waals surface area contributed by atoms with Crippen molar-refractivity contribution in [2.45, 2.75) is 44.9 Å². The van der Waals surface area contributed by atoms with Crippen molar-refractivity contribution in [1.82, 2.24) is 9.62 Å². The second-order valence-corrected chi connectivity index (χ2v) is 9.30. The van der Waals surface area contributed by atoms with Crippen LogP contribution >= 0.6 is 23.2 Å². The lowest BCUT2D eigenvalue weighted by molar-refractivity contribution is -0.126. The van der Waals surface area contributed by atoms with Gasteiger partial charge in [-0.25, -0.2) is 12.7 Å². The number of benzene rings is 1.